The highest BCUT2D eigenvalue weighted by Crippen LogP contribution is 2.23. The fraction of sp³-hybridized carbons (Fsp3) is 0.600. The van der Waals surface area contributed by atoms with Gasteiger partial charge in [0, 0.05) is 24.0 Å². The van der Waals surface area contributed by atoms with Crippen molar-refractivity contribution in [3.05, 3.63) is 11.6 Å². The number of rotatable bonds is 3. The van der Waals surface area contributed by atoms with Crippen LogP contribution < -0.4 is 11.1 Å². The van der Waals surface area contributed by atoms with E-state index >= 15 is 0 Å². The van der Waals surface area contributed by atoms with E-state index in [1.807, 2.05) is 13.8 Å². The van der Waals surface area contributed by atoms with Crippen molar-refractivity contribution in [1.82, 2.24) is 5.32 Å². The summed E-state index contributed by atoms with van der Waals surface area (Å²) in [6.07, 6.45) is 2.21. The zero-order valence-electron chi connectivity index (χ0n) is 9.00. The number of amides is 2. The molecule has 0 spiro atoms. The second-order valence-electron chi connectivity index (χ2n) is 4.20. The largest absolute Gasteiger partial charge is 0.449 e. The first-order valence-electron chi connectivity index (χ1n) is 4.84. The summed E-state index contributed by atoms with van der Waals surface area (Å²) in [5.74, 6) is -0.0425. The lowest BCUT2D eigenvalue weighted by Gasteiger charge is -2.15. The topological polar surface area (TPSA) is 81.4 Å². The van der Waals surface area contributed by atoms with Gasteiger partial charge < -0.3 is 15.8 Å². The van der Waals surface area contributed by atoms with E-state index in [4.69, 9.17) is 5.73 Å². The first-order chi connectivity index (χ1) is 6.91. The highest BCUT2D eigenvalue weighted by molar-refractivity contribution is 5.96. The fourth-order valence-electron chi connectivity index (χ4n) is 1.55. The highest BCUT2D eigenvalue weighted by Gasteiger charge is 2.31. The molecule has 0 aromatic carbocycles. The number of hydrogen-bond acceptors (Lipinski definition) is 3. The maximum absolute atomic E-state index is 11.4. The van der Waals surface area contributed by atoms with Crippen molar-refractivity contribution in [3.63, 3.8) is 0 Å². The van der Waals surface area contributed by atoms with E-state index in [0.29, 0.717) is 12.8 Å². The van der Waals surface area contributed by atoms with Crippen LogP contribution in [0.1, 0.15) is 26.7 Å². The molecule has 0 radical (unpaired) electrons. The molecule has 0 aromatic rings. The SMILES string of the molecule is CC1(C)CC(=CCCOC(N)=O)C(=O)N1. The normalized spacial score (nSPS) is 21.5. The minimum absolute atomic E-state index is 0.0425. The first-order valence-corrected chi connectivity index (χ1v) is 4.84. The maximum Gasteiger partial charge on any atom is 0.404 e. The Hall–Kier alpha value is -1.52. The number of nitrogens with two attached hydrogens (primary N) is 1. The Kier molecular flexibility index (Phi) is 3.34. The molecule has 1 aliphatic heterocycles. The molecular formula is C10H16N2O3. The second-order valence-corrected chi connectivity index (χ2v) is 4.20. The zero-order valence-corrected chi connectivity index (χ0v) is 9.00. The van der Waals surface area contributed by atoms with E-state index in [9.17, 15) is 9.59 Å². The van der Waals surface area contributed by atoms with Crippen LogP contribution in [0.25, 0.3) is 0 Å². The molecule has 0 saturated carbocycles. The van der Waals surface area contributed by atoms with E-state index in [2.05, 4.69) is 10.1 Å². The van der Waals surface area contributed by atoms with E-state index in [1.165, 1.54) is 0 Å². The van der Waals surface area contributed by atoms with Gasteiger partial charge in [-0.05, 0) is 13.8 Å². The van der Waals surface area contributed by atoms with Crippen LogP contribution >= 0.6 is 0 Å². The van der Waals surface area contributed by atoms with Gasteiger partial charge in [0.05, 0.1) is 6.61 Å². The lowest BCUT2D eigenvalue weighted by atomic mass is 10.0. The third-order valence-corrected chi connectivity index (χ3v) is 2.13. The van der Waals surface area contributed by atoms with Gasteiger partial charge >= 0.3 is 6.09 Å². The molecule has 2 amide bonds. The molecule has 3 N–H and O–H groups in total. The van der Waals surface area contributed by atoms with Crippen molar-refractivity contribution >= 4 is 12.0 Å². The summed E-state index contributed by atoms with van der Waals surface area (Å²) < 4.78 is 4.55. The molecular weight excluding hydrogens is 196 g/mol. The summed E-state index contributed by atoms with van der Waals surface area (Å²) in [4.78, 5) is 21.7. The Morgan fingerprint density at radius 3 is 2.80 bits per heavy atom. The Labute approximate surface area is 88.7 Å². The van der Waals surface area contributed by atoms with Gasteiger partial charge in [0.25, 0.3) is 0 Å². The van der Waals surface area contributed by atoms with Gasteiger partial charge in [0.1, 0.15) is 0 Å². The molecule has 0 unspecified atom stereocenters. The Morgan fingerprint density at radius 1 is 1.67 bits per heavy atom. The van der Waals surface area contributed by atoms with E-state index in [0.717, 1.165) is 5.57 Å². The van der Waals surface area contributed by atoms with Crippen molar-refractivity contribution in [2.45, 2.75) is 32.2 Å². The van der Waals surface area contributed by atoms with Crippen molar-refractivity contribution in [3.8, 4) is 0 Å². The molecule has 1 heterocycles. The summed E-state index contributed by atoms with van der Waals surface area (Å²) in [5.41, 5.74) is 5.37. The molecule has 84 valence electrons. The summed E-state index contributed by atoms with van der Waals surface area (Å²) in [7, 11) is 0. The molecule has 1 aliphatic rings. The zero-order chi connectivity index (χ0) is 11.5. The van der Waals surface area contributed by atoms with Crippen LogP contribution in [-0.4, -0.2) is 24.1 Å². The quantitative estimate of drug-likeness (QED) is 0.533. The van der Waals surface area contributed by atoms with Crippen LogP contribution in [-0.2, 0) is 9.53 Å². The molecule has 5 heteroatoms. The molecule has 15 heavy (non-hydrogen) atoms. The highest BCUT2D eigenvalue weighted by atomic mass is 16.5. The summed E-state index contributed by atoms with van der Waals surface area (Å²) in [6, 6.07) is 0. The van der Waals surface area contributed by atoms with Crippen LogP contribution in [0.4, 0.5) is 4.79 Å². The number of carbonyl (C=O) groups is 2. The van der Waals surface area contributed by atoms with Gasteiger partial charge in [-0.1, -0.05) is 6.08 Å². The van der Waals surface area contributed by atoms with Crippen LogP contribution in [0.5, 0.6) is 0 Å². The van der Waals surface area contributed by atoms with Crippen molar-refractivity contribution in [2.24, 2.45) is 5.73 Å². The van der Waals surface area contributed by atoms with Crippen LogP contribution in [0, 0.1) is 0 Å². The summed E-state index contributed by atoms with van der Waals surface area (Å²) in [5, 5.41) is 2.85. The Balaban J connectivity index is 2.41. The molecule has 0 aromatic heterocycles. The van der Waals surface area contributed by atoms with Gasteiger partial charge in [0.15, 0.2) is 0 Å². The van der Waals surface area contributed by atoms with Crippen molar-refractivity contribution < 1.29 is 14.3 Å². The number of ether oxygens (including phenoxy) is 1. The maximum atomic E-state index is 11.4. The third kappa shape index (κ3) is 3.61. The lowest BCUT2D eigenvalue weighted by Crippen LogP contribution is -2.34. The average molecular weight is 212 g/mol. The number of primary amides is 1. The average Bonchev–Trinajstić information content (AvgIpc) is 2.33. The van der Waals surface area contributed by atoms with Gasteiger partial charge in [0.2, 0.25) is 5.91 Å². The smallest absolute Gasteiger partial charge is 0.404 e. The minimum atomic E-state index is -0.787. The number of nitrogens with one attached hydrogen (secondary N) is 1. The molecule has 5 nitrogen and oxygen atoms in total. The Bertz CT molecular complexity index is 308. The van der Waals surface area contributed by atoms with Gasteiger partial charge in [-0.3, -0.25) is 4.79 Å². The van der Waals surface area contributed by atoms with Gasteiger partial charge in [-0.2, -0.15) is 0 Å². The molecule has 0 aliphatic carbocycles. The van der Waals surface area contributed by atoms with E-state index in [-0.39, 0.29) is 18.1 Å². The molecule has 1 fully saturated rings. The summed E-state index contributed by atoms with van der Waals surface area (Å²) >= 11 is 0. The van der Waals surface area contributed by atoms with Crippen LogP contribution in [0.2, 0.25) is 0 Å². The van der Waals surface area contributed by atoms with Gasteiger partial charge in [-0.25, -0.2) is 4.79 Å². The molecule has 1 rings (SSSR count). The number of hydrogen-bond donors (Lipinski definition) is 2. The van der Waals surface area contributed by atoms with Crippen molar-refractivity contribution in [1.29, 1.82) is 0 Å². The summed E-state index contributed by atoms with van der Waals surface area (Å²) in [6.45, 7) is 4.14. The van der Waals surface area contributed by atoms with E-state index < -0.39 is 6.09 Å². The number of carbonyl (C=O) groups excluding carboxylic acids is 2. The molecule has 0 atom stereocenters. The minimum Gasteiger partial charge on any atom is -0.449 e. The molecule has 1 saturated heterocycles. The predicted octanol–water partition coefficient (Wildman–Crippen LogP) is 0.697. The first kappa shape index (κ1) is 11.6. The van der Waals surface area contributed by atoms with Crippen LogP contribution in [0.3, 0.4) is 0 Å². The lowest BCUT2D eigenvalue weighted by molar-refractivity contribution is -0.116. The molecule has 0 bridgehead atoms. The van der Waals surface area contributed by atoms with Crippen LogP contribution in [0.15, 0.2) is 11.6 Å². The third-order valence-electron chi connectivity index (χ3n) is 2.13. The van der Waals surface area contributed by atoms with Gasteiger partial charge in [-0.15, -0.1) is 0 Å². The predicted molar refractivity (Wildman–Crippen MR) is 55.1 cm³/mol. The second kappa shape index (κ2) is 4.33. The Morgan fingerprint density at radius 2 is 2.33 bits per heavy atom. The van der Waals surface area contributed by atoms with Crippen molar-refractivity contribution in [2.75, 3.05) is 6.61 Å². The standard InChI is InChI=1S/C10H16N2O3/c1-10(2)6-7(8(13)12-10)4-3-5-15-9(11)14/h4H,3,5-6H2,1-2H3,(H2,11,14)(H,12,13). The van der Waals surface area contributed by atoms with E-state index in [1.54, 1.807) is 6.08 Å². The fourth-order valence-corrected chi connectivity index (χ4v) is 1.55. The monoisotopic (exact) mass is 212 g/mol.